The molecule has 114 valence electrons. The van der Waals surface area contributed by atoms with E-state index in [1.54, 1.807) is 0 Å². The van der Waals surface area contributed by atoms with Gasteiger partial charge in [0.2, 0.25) is 0 Å². The molecule has 0 aromatic heterocycles. The van der Waals surface area contributed by atoms with Crippen LogP contribution in [-0.4, -0.2) is 31.1 Å². The van der Waals surface area contributed by atoms with Crippen molar-refractivity contribution in [3.05, 3.63) is 29.8 Å². The Morgan fingerprint density at radius 1 is 1.10 bits per heavy atom. The molecule has 0 aliphatic carbocycles. The van der Waals surface area contributed by atoms with E-state index >= 15 is 0 Å². The van der Waals surface area contributed by atoms with Crippen molar-refractivity contribution >= 4 is 0 Å². The molecule has 0 spiro atoms. The van der Waals surface area contributed by atoms with Crippen molar-refractivity contribution in [3.63, 3.8) is 0 Å². The van der Waals surface area contributed by atoms with Crippen LogP contribution in [0.4, 0.5) is 0 Å². The maximum Gasteiger partial charge on any atom is 0.119 e. The molecule has 0 saturated carbocycles. The minimum Gasteiger partial charge on any atom is -0.491 e. The molecule has 2 N–H and O–H groups in total. The standard InChI is InChI=1S/C17H30N2O/c1-6-14(4)11-19(5)12-17(18)15-7-9-16(10-8-15)20-13(2)3/h7-10,13-14,17H,6,11-12,18H2,1-5H3. The molecule has 0 aliphatic rings. The highest BCUT2D eigenvalue weighted by Crippen LogP contribution is 2.18. The summed E-state index contributed by atoms with van der Waals surface area (Å²) in [5, 5.41) is 0. The summed E-state index contributed by atoms with van der Waals surface area (Å²) < 4.78 is 5.65. The molecular formula is C17H30N2O. The molecule has 20 heavy (non-hydrogen) atoms. The lowest BCUT2D eigenvalue weighted by Gasteiger charge is -2.24. The molecule has 0 heterocycles. The van der Waals surface area contributed by atoms with Crippen LogP contribution in [0.1, 0.15) is 45.7 Å². The Morgan fingerprint density at radius 3 is 2.20 bits per heavy atom. The minimum atomic E-state index is 0.0529. The number of likely N-dealkylation sites (N-methyl/N-ethyl adjacent to an activating group) is 1. The first-order valence-electron chi connectivity index (χ1n) is 7.63. The van der Waals surface area contributed by atoms with E-state index in [9.17, 15) is 0 Å². The predicted octanol–water partition coefficient (Wildman–Crippen LogP) is 3.45. The molecule has 0 fully saturated rings. The smallest absolute Gasteiger partial charge is 0.119 e. The van der Waals surface area contributed by atoms with E-state index < -0.39 is 0 Å². The van der Waals surface area contributed by atoms with E-state index in [2.05, 4.69) is 37.9 Å². The molecule has 0 saturated heterocycles. The van der Waals surface area contributed by atoms with Gasteiger partial charge in [-0.05, 0) is 44.5 Å². The zero-order valence-corrected chi connectivity index (χ0v) is 13.6. The van der Waals surface area contributed by atoms with Gasteiger partial charge in [-0.15, -0.1) is 0 Å². The van der Waals surface area contributed by atoms with Gasteiger partial charge >= 0.3 is 0 Å². The molecule has 2 unspecified atom stereocenters. The Kier molecular flexibility index (Phi) is 7.03. The lowest BCUT2D eigenvalue weighted by atomic mass is 10.1. The van der Waals surface area contributed by atoms with Gasteiger partial charge in [0.1, 0.15) is 5.75 Å². The Labute approximate surface area is 124 Å². The zero-order valence-electron chi connectivity index (χ0n) is 13.6. The second-order valence-electron chi connectivity index (χ2n) is 6.08. The topological polar surface area (TPSA) is 38.5 Å². The summed E-state index contributed by atoms with van der Waals surface area (Å²) in [6.45, 7) is 10.5. The van der Waals surface area contributed by atoms with E-state index in [1.165, 1.54) is 6.42 Å². The fourth-order valence-corrected chi connectivity index (χ4v) is 2.24. The van der Waals surface area contributed by atoms with Crippen LogP contribution >= 0.6 is 0 Å². The van der Waals surface area contributed by atoms with Crippen LogP contribution in [0.5, 0.6) is 5.75 Å². The molecule has 3 heteroatoms. The van der Waals surface area contributed by atoms with Crippen LogP contribution in [0.25, 0.3) is 0 Å². The summed E-state index contributed by atoms with van der Waals surface area (Å²) in [6, 6.07) is 8.20. The summed E-state index contributed by atoms with van der Waals surface area (Å²) in [6.07, 6.45) is 1.41. The molecule has 1 rings (SSSR count). The number of benzene rings is 1. The summed E-state index contributed by atoms with van der Waals surface area (Å²) in [4.78, 5) is 2.32. The van der Waals surface area contributed by atoms with Crippen LogP contribution in [0.2, 0.25) is 0 Å². The van der Waals surface area contributed by atoms with Crippen molar-refractivity contribution in [1.29, 1.82) is 0 Å². The van der Waals surface area contributed by atoms with Crippen LogP contribution in [0, 0.1) is 5.92 Å². The van der Waals surface area contributed by atoms with Gasteiger partial charge in [0.05, 0.1) is 6.10 Å². The van der Waals surface area contributed by atoms with Crippen molar-refractivity contribution in [3.8, 4) is 5.75 Å². The quantitative estimate of drug-likeness (QED) is 0.791. The maximum absolute atomic E-state index is 6.28. The average molecular weight is 278 g/mol. The molecule has 1 aromatic rings. The second kappa shape index (κ2) is 8.28. The summed E-state index contributed by atoms with van der Waals surface area (Å²) in [5.74, 6) is 1.62. The van der Waals surface area contributed by atoms with Gasteiger partial charge in [0.25, 0.3) is 0 Å². The van der Waals surface area contributed by atoms with Crippen molar-refractivity contribution in [1.82, 2.24) is 4.90 Å². The lowest BCUT2D eigenvalue weighted by molar-refractivity contribution is 0.242. The third-order valence-corrected chi connectivity index (χ3v) is 3.51. The van der Waals surface area contributed by atoms with Crippen LogP contribution in [0.15, 0.2) is 24.3 Å². The summed E-state index contributed by atoms with van der Waals surface area (Å²) in [7, 11) is 2.14. The molecule has 0 amide bonds. The zero-order chi connectivity index (χ0) is 15.1. The van der Waals surface area contributed by atoms with Crippen LogP contribution < -0.4 is 10.5 Å². The Morgan fingerprint density at radius 2 is 1.70 bits per heavy atom. The fourth-order valence-electron chi connectivity index (χ4n) is 2.24. The van der Waals surface area contributed by atoms with Gasteiger partial charge in [-0.2, -0.15) is 0 Å². The van der Waals surface area contributed by atoms with Crippen molar-refractivity contribution in [2.45, 2.75) is 46.3 Å². The van der Waals surface area contributed by atoms with E-state index in [1.807, 2.05) is 26.0 Å². The third kappa shape index (κ3) is 5.93. The summed E-state index contributed by atoms with van der Waals surface area (Å²) in [5.41, 5.74) is 7.45. The number of hydrogen-bond acceptors (Lipinski definition) is 3. The predicted molar refractivity (Wildman–Crippen MR) is 86.1 cm³/mol. The van der Waals surface area contributed by atoms with E-state index in [-0.39, 0.29) is 12.1 Å². The Balaban J connectivity index is 2.52. The number of hydrogen-bond donors (Lipinski definition) is 1. The Bertz CT molecular complexity index is 375. The van der Waals surface area contributed by atoms with Gasteiger partial charge in [-0.1, -0.05) is 32.4 Å². The first kappa shape index (κ1) is 17.0. The normalized spacial score (nSPS) is 14.6. The van der Waals surface area contributed by atoms with E-state index in [0.717, 1.165) is 24.4 Å². The monoisotopic (exact) mass is 278 g/mol. The first-order chi connectivity index (χ1) is 9.42. The molecular weight excluding hydrogens is 248 g/mol. The highest BCUT2D eigenvalue weighted by atomic mass is 16.5. The second-order valence-corrected chi connectivity index (χ2v) is 6.08. The minimum absolute atomic E-state index is 0.0529. The van der Waals surface area contributed by atoms with Crippen LogP contribution in [-0.2, 0) is 0 Å². The van der Waals surface area contributed by atoms with Crippen LogP contribution in [0.3, 0.4) is 0 Å². The maximum atomic E-state index is 6.28. The Hall–Kier alpha value is -1.06. The number of ether oxygens (including phenoxy) is 1. The number of nitrogens with two attached hydrogens (primary N) is 1. The molecule has 1 aromatic carbocycles. The molecule has 2 atom stereocenters. The van der Waals surface area contributed by atoms with Crippen molar-refractivity contribution in [2.24, 2.45) is 11.7 Å². The van der Waals surface area contributed by atoms with Crippen molar-refractivity contribution in [2.75, 3.05) is 20.1 Å². The fraction of sp³-hybridized carbons (Fsp3) is 0.647. The van der Waals surface area contributed by atoms with Gasteiger partial charge in [-0.25, -0.2) is 0 Å². The van der Waals surface area contributed by atoms with E-state index in [4.69, 9.17) is 10.5 Å². The first-order valence-corrected chi connectivity index (χ1v) is 7.63. The third-order valence-electron chi connectivity index (χ3n) is 3.51. The van der Waals surface area contributed by atoms with Gasteiger partial charge in [0, 0.05) is 19.1 Å². The molecule has 0 bridgehead atoms. The number of nitrogens with zero attached hydrogens (tertiary/aromatic N) is 1. The number of rotatable bonds is 8. The molecule has 0 radical (unpaired) electrons. The SMILES string of the molecule is CCC(C)CN(C)CC(N)c1ccc(OC(C)C)cc1. The molecule has 0 aliphatic heterocycles. The summed E-state index contributed by atoms with van der Waals surface area (Å²) >= 11 is 0. The highest BCUT2D eigenvalue weighted by molar-refractivity contribution is 5.29. The van der Waals surface area contributed by atoms with Crippen molar-refractivity contribution < 1.29 is 4.74 Å². The van der Waals surface area contributed by atoms with Gasteiger partial charge in [0.15, 0.2) is 0 Å². The average Bonchev–Trinajstić information content (AvgIpc) is 2.38. The lowest BCUT2D eigenvalue weighted by Crippen LogP contribution is -2.32. The van der Waals surface area contributed by atoms with Gasteiger partial charge < -0.3 is 15.4 Å². The van der Waals surface area contributed by atoms with Gasteiger partial charge in [-0.3, -0.25) is 0 Å². The highest BCUT2D eigenvalue weighted by Gasteiger charge is 2.11. The largest absolute Gasteiger partial charge is 0.491 e. The van der Waals surface area contributed by atoms with E-state index in [0.29, 0.717) is 5.92 Å². The molecule has 3 nitrogen and oxygen atoms in total.